The highest BCUT2D eigenvalue weighted by molar-refractivity contribution is 5.87. The molecule has 3 aromatic heterocycles. The van der Waals surface area contributed by atoms with Gasteiger partial charge in [0.2, 0.25) is 0 Å². The summed E-state index contributed by atoms with van der Waals surface area (Å²) in [5.74, 6) is 0.889. The highest BCUT2D eigenvalue weighted by Crippen LogP contribution is 2.42. The average molecular weight is 306 g/mol. The molecular formula is C16H14N6O. The third kappa shape index (κ3) is 1.78. The number of anilines is 1. The summed E-state index contributed by atoms with van der Waals surface area (Å²) in [6.07, 6.45) is 3.32. The second-order valence-electron chi connectivity index (χ2n) is 5.65. The second kappa shape index (κ2) is 4.68. The van der Waals surface area contributed by atoms with E-state index >= 15 is 0 Å². The molecule has 0 aromatic carbocycles. The number of rotatable bonds is 1. The molecule has 0 radical (unpaired) electrons. The molecule has 1 aliphatic rings. The lowest BCUT2D eigenvalue weighted by atomic mass is 9.85. The van der Waals surface area contributed by atoms with Gasteiger partial charge in [-0.15, -0.1) is 0 Å². The summed E-state index contributed by atoms with van der Waals surface area (Å²) in [7, 11) is 0. The summed E-state index contributed by atoms with van der Waals surface area (Å²) < 4.78 is 5.30. The van der Waals surface area contributed by atoms with Crippen LogP contribution in [0.5, 0.6) is 0 Å². The van der Waals surface area contributed by atoms with Gasteiger partial charge in [0, 0.05) is 22.4 Å². The molecule has 7 nitrogen and oxygen atoms in total. The van der Waals surface area contributed by atoms with Crippen LogP contribution in [0.2, 0.25) is 0 Å². The minimum absolute atomic E-state index is 0.218. The number of pyridine rings is 1. The Morgan fingerprint density at radius 2 is 2.13 bits per heavy atom. The lowest BCUT2D eigenvalue weighted by Crippen LogP contribution is -2.11. The Labute approximate surface area is 132 Å². The van der Waals surface area contributed by atoms with Gasteiger partial charge in [-0.1, -0.05) is 5.16 Å². The molecule has 4 rings (SSSR count). The van der Waals surface area contributed by atoms with Crippen molar-refractivity contribution in [2.24, 2.45) is 0 Å². The van der Waals surface area contributed by atoms with Crippen molar-refractivity contribution in [2.45, 2.75) is 26.7 Å². The van der Waals surface area contributed by atoms with Gasteiger partial charge in [-0.05, 0) is 32.3 Å². The minimum atomic E-state index is 0.218. The van der Waals surface area contributed by atoms with E-state index in [-0.39, 0.29) is 5.82 Å². The predicted octanol–water partition coefficient (Wildman–Crippen LogP) is 2.30. The van der Waals surface area contributed by atoms with Crippen molar-refractivity contribution >= 4 is 5.82 Å². The van der Waals surface area contributed by atoms with Gasteiger partial charge in [0.05, 0.1) is 17.6 Å². The van der Waals surface area contributed by atoms with Crippen LogP contribution in [0.15, 0.2) is 10.7 Å². The molecule has 3 aromatic rings. The van der Waals surface area contributed by atoms with Crippen molar-refractivity contribution in [1.29, 1.82) is 5.26 Å². The summed E-state index contributed by atoms with van der Waals surface area (Å²) in [5, 5.41) is 20.7. The summed E-state index contributed by atoms with van der Waals surface area (Å²) >= 11 is 0. The van der Waals surface area contributed by atoms with Gasteiger partial charge in [-0.2, -0.15) is 10.4 Å². The Hall–Kier alpha value is -3.14. The molecule has 0 bridgehead atoms. The van der Waals surface area contributed by atoms with Gasteiger partial charge in [-0.3, -0.25) is 5.10 Å². The van der Waals surface area contributed by atoms with E-state index in [4.69, 9.17) is 10.3 Å². The molecular weight excluding hydrogens is 292 g/mol. The number of hydrogen-bond donors (Lipinski definition) is 2. The van der Waals surface area contributed by atoms with Crippen LogP contribution in [-0.4, -0.2) is 20.3 Å². The van der Waals surface area contributed by atoms with Crippen molar-refractivity contribution in [3.63, 3.8) is 0 Å². The summed E-state index contributed by atoms with van der Waals surface area (Å²) in [6.45, 7) is 3.70. The predicted molar refractivity (Wildman–Crippen MR) is 83.3 cm³/mol. The molecule has 7 heteroatoms. The average Bonchev–Trinajstić information content (AvgIpc) is 3.13. The summed E-state index contributed by atoms with van der Waals surface area (Å²) in [6, 6.07) is 2.19. The van der Waals surface area contributed by atoms with Crippen LogP contribution >= 0.6 is 0 Å². The largest absolute Gasteiger partial charge is 0.383 e. The summed E-state index contributed by atoms with van der Waals surface area (Å²) in [5.41, 5.74) is 12.6. The highest BCUT2D eigenvalue weighted by atomic mass is 16.5. The number of nitriles is 1. The zero-order chi connectivity index (χ0) is 16.1. The third-order valence-corrected chi connectivity index (χ3v) is 4.32. The number of fused-ring (bicyclic) bond motifs is 3. The van der Waals surface area contributed by atoms with E-state index in [9.17, 15) is 5.26 Å². The van der Waals surface area contributed by atoms with Crippen molar-refractivity contribution in [2.75, 3.05) is 5.73 Å². The van der Waals surface area contributed by atoms with E-state index in [1.807, 2.05) is 13.8 Å². The monoisotopic (exact) mass is 306 g/mol. The number of nitrogen functional groups attached to an aromatic ring is 1. The molecule has 0 atom stereocenters. The summed E-state index contributed by atoms with van der Waals surface area (Å²) in [4.78, 5) is 4.47. The highest BCUT2D eigenvalue weighted by Gasteiger charge is 2.29. The fourth-order valence-electron chi connectivity index (χ4n) is 3.29. The van der Waals surface area contributed by atoms with Gasteiger partial charge < -0.3 is 10.3 Å². The van der Waals surface area contributed by atoms with Gasteiger partial charge in [0.25, 0.3) is 0 Å². The SMILES string of the molecule is Cc1noc(C)c1-c1c(C#N)c(N)nc2c1CCc1[nH]ncc1-2. The first-order valence-corrected chi connectivity index (χ1v) is 7.30. The van der Waals surface area contributed by atoms with Crippen molar-refractivity contribution in [3.8, 4) is 28.5 Å². The molecule has 1 aliphatic carbocycles. The van der Waals surface area contributed by atoms with E-state index < -0.39 is 0 Å². The maximum absolute atomic E-state index is 9.60. The van der Waals surface area contributed by atoms with Gasteiger partial charge >= 0.3 is 0 Å². The molecule has 0 unspecified atom stereocenters. The molecule has 0 saturated carbocycles. The van der Waals surface area contributed by atoms with Gasteiger partial charge in [0.15, 0.2) is 0 Å². The van der Waals surface area contributed by atoms with Crippen LogP contribution in [0.1, 0.15) is 28.3 Å². The minimum Gasteiger partial charge on any atom is -0.383 e. The lowest BCUT2D eigenvalue weighted by molar-refractivity contribution is 0.393. The van der Waals surface area contributed by atoms with E-state index in [2.05, 4.69) is 26.4 Å². The molecule has 3 N–H and O–H groups in total. The van der Waals surface area contributed by atoms with Crippen LogP contribution in [0.25, 0.3) is 22.4 Å². The van der Waals surface area contributed by atoms with Gasteiger partial charge in [0.1, 0.15) is 23.2 Å². The van der Waals surface area contributed by atoms with E-state index in [1.54, 1.807) is 6.20 Å². The Bertz CT molecular complexity index is 956. The Morgan fingerprint density at radius 3 is 2.83 bits per heavy atom. The number of aromatic amines is 1. The zero-order valence-corrected chi connectivity index (χ0v) is 12.8. The number of nitrogens with two attached hydrogens (primary N) is 1. The van der Waals surface area contributed by atoms with Crippen molar-refractivity contribution in [3.05, 3.63) is 34.5 Å². The number of aromatic nitrogens is 4. The quantitative estimate of drug-likeness (QED) is 0.712. The maximum atomic E-state index is 9.60. The van der Waals surface area contributed by atoms with E-state index in [0.717, 1.165) is 52.2 Å². The van der Waals surface area contributed by atoms with Crippen molar-refractivity contribution < 1.29 is 4.52 Å². The smallest absolute Gasteiger partial charge is 0.142 e. The molecule has 0 amide bonds. The Kier molecular flexibility index (Phi) is 2.75. The Balaban J connectivity index is 2.13. The molecule has 0 aliphatic heterocycles. The van der Waals surface area contributed by atoms with Crippen LogP contribution in [-0.2, 0) is 12.8 Å². The first kappa shape index (κ1) is 13.5. The van der Waals surface area contributed by atoms with Crippen LogP contribution < -0.4 is 5.73 Å². The molecule has 114 valence electrons. The molecule has 3 heterocycles. The molecule has 23 heavy (non-hydrogen) atoms. The number of aryl methyl sites for hydroxylation is 3. The second-order valence-corrected chi connectivity index (χ2v) is 5.65. The first-order chi connectivity index (χ1) is 11.1. The molecule has 0 spiro atoms. The van der Waals surface area contributed by atoms with E-state index in [0.29, 0.717) is 11.3 Å². The third-order valence-electron chi connectivity index (χ3n) is 4.32. The Morgan fingerprint density at radius 1 is 1.30 bits per heavy atom. The van der Waals surface area contributed by atoms with Gasteiger partial charge in [-0.25, -0.2) is 4.98 Å². The van der Waals surface area contributed by atoms with Crippen LogP contribution in [0.4, 0.5) is 5.82 Å². The topological polar surface area (TPSA) is 117 Å². The van der Waals surface area contributed by atoms with Crippen molar-refractivity contribution in [1.82, 2.24) is 20.3 Å². The van der Waals surface area contributed by atoms with Crippen LogP contribution in [0, 0.1) is 25.2 Å². The molecule has 0 fully saturated rings. The van der Waals surface area contributed by atoms with E-state index in [1.165, 1.54) is 0 Å². The first-order valence-electron chi connectivity index (χ1n) is 7.30. The number of hydrogen-bond acceptors (Lipinski definition) is 6. The maximum Gasteiger partial charge on any atom is 0.142 e. The van der Waals surface area contributed by atoms with Crippen LogP contribution in [0.3, 0.4) is 0 Å². The standard InChI is InChI=1S/C16H14N6O/c1-7-13(8(2)23-22-7)14-9-3-4-12-11(6-19-21-12)15(9)20-16(18)10(14)5-17/h6H,3-4H2,1-2H3,(H2,18,20)(H,19,21). The fraction of sp³-hybridized carbons (Fsp3) is 0.250. The normalized spacial score (nSPS) is 12.6. The molecule has 0 saturated heterocycles. The fourth-order valence-corrected chi connectivity index (χ4v) is 3.29. The number of H-pyrrole nitrogens is 1. The number of nitrogens with one attached hydrogen (secondary N) is 1. The lowest BCUT2D eigenvalue weighted by Gasteiger charge is -2.20. The zero-order valence-electron chi connectivity index (χ0n) is 12.8. The number of nitrogens with zero attached hydrogens (tertiary/aromatic N) is 4.